The number of piperazine rings is 1. The number of ether oxygens (including phenoxy) is 1. The van der Waals surface area contributed by atoms with Crippen molar-refractivity contribution in [3.05, 3.63) is 82.1 Å². The van der Waals surface area contributed by atoms with Crippen LogP contribution in [-0.2, 0) is 0 Å². The SMILES string of the molecule is CCCCOc1cccc(C(=O)NC(=S)Nc2ccc(N3CCN(c4c(F)c(F)c(F)c(F)c4F)CC3)c(Cl)c2)c1. The van der Waals surface area contributed by atoms with Crippen LogP contribution in [0.1, 0.15) is 30.1 Å². The number of anilines is 3. The van der Waals surface area contributed by atoms with E-state index in [0.29, 0.717) is 34.3 Å². The number of nitrogens with zero attached hydrogens (tertiary/aromatic N) is 2. The number of hydrogen-bond acceptors (Lipinski definition) is 5. The first-order valence-corrected chi connectivity index (χ1v) is 13.5. The molecule has 41 heavy (non-hydrogen) atoms. The van der Waals surface area contributed by atoms with E-state index in [1.54, 1.807) is 42.5 Å². The highest BCUT2D eigenvalue weighted by molar-refractivity contribution is 7.80. The smallest absolute Gasteiger partial charge is 0.257 e. The lowest BCUT2D eigenvalue weighted by Gasteiger charge is -2.38. The van der Waals surface area contributed by atoms with Crippen LogP contribution in [0, 0.1) is 29.1 Å². The first-order valence-electron chi connectivity index (χ1n) is 12.8. The fourth-order valence-electron chi connectivity index (χ4n) is 4.28. The quantitative estimate of drug-likeness (QED) is 0.0975. The average Bonchev–Trinajstić information content (AvgIpc) is 2.96. The van der Waals surface area contributed by atoms with Crippen molar-refractivity contribution in [2.24, 2.45) is 0 Å². The average molecular weight is 613 g/mol. The van der Waals surface area contributed by atoms with E-state index < -0.39 is 40.7 Å². The maximum atomic E-state index is 14.2. The Balaban J connectivity index is 1.35. The lowest BCUT2D eigenvalue weighted by molar-refractivity contribution is 0.0977. The Bertz CT molecular complexity index is 1420. The molecule has 1 fully saturated rings. The molecular weight excluding hydrogens is 587 g/mol. The Morgan fingerprint density at radius 1 is 0.927 bits per heavy atom. The van der Waals surface area contributed by atoms with Crippen LogP contribution < -0.4 is 25.2 Å². The monoisotopic (exact) mass is 612 g/mol. The molecule has 4 rings (SSSR count). The number of hydrogen-bond donors (Lipinski definition) is 2. The normalized spacial score (nSPS) is 13.2. The van der Waals surface area contributed by atoms with Crippen molar-refractivity contribution in [2.75, 3.05) is 47.9 Å². The summed E-state index contributed by atoms with van der Waals surface area (Å²) in [6.07, 6.45) is 1.90. The van der Waals surface area contributed by atoms with Crippen molar-refractivity contribution >= 4 is 51.9 Å². The summed E-state index contributed by atoms with van der Waals surface area (Å²) < 4.78 is 74.8. The predicted molar refractivity (Wildman–Crippen MR) is 153 cm³/mol. The standard InChI is InChI=1S/C28H26ClF5N4O2S/c1-2-3-13-40-18-6-4-5-16(14-18)27(39)36-28(41)35-17-7-8-20(19(29)15-17)37-9-11-38(12-10-37)26-24(33)22(31)21(30)23(32)25(26)34/h4-8,14-15H,2-3,9-13H2,1H3,(H2,35,36,39,41). The summed E-state index contributed by atoms with van der Waals surface area (Å²) in [6.45, 7) is 3.02. The Morgan fingerprint density at radius 3 is 2.20 bits per heavy atom. The second-order valence-corrected chi connectivity index (χ2v) is 10.0. The molecule has 2 N–H and O–H groups in total. The molecule has 1 amide bonds. The molecule has 0 aliphatic carbocycles. The Labute approximate surface area is 244 Å². The molecule has 218 valence electrons. The first kappa shape index (κ1) is 30.3. The number of unbranched alkanes of at least 4 members (excludes halogenated alkanes) is 1. The van der Waals surface area contributed by atoms with Crippen LogP contribution in [0.2, 0.25) is 5.02 Å². The number of carbonyl (C=O) groups excluding carboxylic acids is 1. The summed E-state index contributed by atoms with van der Waals surface area (Å²) >= 11 is 11.7. The predicted octanol–water partition coefficient (Wildman–Crippen LogP) is 6.67. The van der Waals surface area contributed by atoms with Gasteiger partial charge in [-0.05, 0) is 55.0 Å². The van der Waals surface area contributed by atoms with Crippen molar-refractivity contribution in [1.82, 2.24) is 5.32 Å². The van der Waals surface area contributed by atoms with Crippen LogP contribution in [-0.4, -0.2) is 43.8 Å². The molecule has 0 atom stereocenters. The number of carbonyl (C=O) groups is 1. The number of thiocarbonyl (C=S) groups is 1. The summed E-state index contributed by atoms with van der Waals surface area (Å²) in [5.41, 5.74) is 0.532. The highest BCUT2D eigenvalue weighted by Crippen LogP contribution is 2.33. The van der Waals surface area contributed by atoms with Crippen LogP contribution >= 0.6 is 23.8 Å². The molecule has 3 aromatic carbocycles. The van der Waals surface area contributed by atoms with Gasteiger partial charge >= 0.3 is 0 Å². The van der Waals surface area contributed by atoms with Gasteiger partial charge in [0.25, 0.3) is 5.91 Å². The molecule has 0 unspecified atom stereocenters. The topological polar surface area (TPSA) is 56.8 Å². The van der Waals surface area contributed by atoms with E-state index in [1.165, 1.54) is 0 Å². The van der Waals surface area contributed by atoms with E-state index in [1.807, 2.05) is 4.90 Å². The lowest BCUT2D eigenvalue weighted by atomic mass is 10.2. The van der Waals surface area contributed by atoms with Gasteiger partial charge in [0.2, 0.25) is 5.82 Å². The van der Waals surface area contributed by atoms with Gasteiger partial charge in [0.15, 0.2) is 28.4 Å². The highest BCUT2D eigenvalue weighted by atomic mass is 35.5. The van der Waals surface area contributed by atoms with Crippen LogP contribution in [0.15, 0.2) is 42.5 Å². The second-order valence-electron chi connectivity index (χ2n) is 9.20. The molecule has 0 bridgehead atoms. The van der Waals surface area contributed by atoms with Crippen molar-refractivity contribution < 1.29 is 31.5 Å². The maximum Gasteiger partial charge on any atom is 0.257 e. The summed E-state index contributed by atoms with van der Waals surface area (Å²) in [6, 6.07) is 11.7. The van der Waals surface area contributed by atoms with Crippen molar-refractivity contribution in [2.45, 2.75) is 19.8 Å². The fraction of sp³-hybridized carbons (Fsp3) is 0.286. The van der Waals surface area contributed by atoms with Crippen LogP contribution in [0.5, 0.6) is 5.75 Å². The largest absolute Gasteiger partial charge is 0.494 e. The zero-order valence-electron chi connectivity index (χ0n) is 21.9. The van der Waals surface area contributed by atoms with Crippen molar-refractivity contribution in [3.8, 4) is 5.75 Å². The van der Waals surface area contributed by atoms with Crippen molar-refractivity contribution in [3.63, 3.8) is 0 Å². The second kappa shape index (κ2) is 13.3. The molecule has 1 aliphatic rings. The zero-order chi connectivity index (χ0) is 29.7. The van der Waals surface area contributed by atoms with E-state index in [4.69, 9.17) is 28.6 Å². The third-order valence-electron chi connectivity index (χ3n) is 6.42. The minimum absolute atomic E-state index is 0.00432. The summed E-state index contributed by atoms with van der Waals surface area (Å²) in [4.78, 5) is 15.6. The zero-order valence-corrected chi connectivity index (χ0v) is 23.5. The van der Waals surface area contributed by atoms with E-state index in [-0.39, 0.29) is 31.3 Å². The van der Waals surface area contributed by atoms with Gasteiger partial charge in [-0.2, -0.15) is 0 Å². The van der Waals surface area contributed by atoms with Gasteiger partial charge in [-0.15, -0.1) is 0 Å². The highest BCUT2D eigenvalue weighted by Gasteiger charge is 2.31. The molecule has 0 radical (unpaired) electrons. The van der Waals surface area contributed by atoms with Gasteiger partial charge in [0, 0.05) is 37.4 Å². The Morgan fingerprint density at radius 2 is 1.56 bits per heavy atom. The van der Waals surface area contributed by atoms with Gasteiger partial charge in [0.1, 0.15) is 11.4 Å². The minimum atomic E-state index is -2.19. The molecule has 1 saturated heterocycles. The van der Waals surface area contributed by atoms with E-state index >= 15 is 0 Å². The van der Waals surface area contributed by atoms with Crippen LogP contribution in [0.3, 0.4) is 0 Å². The Kier molecular flexibility index (Phi) is 9.87. The number of rotatable bonds is 8. The molecule has 3 aromatic rings. The molecule has 13 heteroatoms. The number of halogens is 6. The van der Waals surface area contributed by atoms with E-state index in [0.717, 1.165) is 17.7 Å². The number of nitrogens with one attached hydrogen (secondary N) is 2. The van der Waals surface area contributed by atoms with Crippen LogP contribution in [0.4, 0.5) is 39.0 Å². The molecule has 0 spiro atoms. The number of benzene rings is 3. The summed E-state index contributed by atoms with van der Waals surface area (Å²) in [5.74, 6) is -9.71. The van der Waals surface area contributed by atoms with E-state index in [2.05, 4.69) is 17.6 Å². The molecule has 0 aromatic heterocycles. The number of amides is 1. The van der Waals surface area contributed by atoms with Gasteiger partial charge in [-0.1, -0.05) is 31.0 Å². The van der Waals surface area contributed by atoms with E-state index in [9.17, 15) is 26.7 Å². The fourth-order valence-corrected chi connectivity index (χ4v) is 4.79. The molecule has 1 heterocycles. The molecule has 0 saturated carbocycles. The summed E-state index contributed by atoms with van der Waals surface area (Å²) in [5, 5.41) is 5.88. The minimum Gasteiger partial charge on any atom is -0.494 e. The van der Waals surface area contributed by atoms with Gasteiger partial charge < -0.3 is 19.9 Å². The van der Waals surface area contributed by atoms with Gasteiger partial charge in [0.05, 0.1) is 17.3 Å². The third kappa shape index (κ3) is 6.99. The maximum absolute atomic E-state index is 14.2. The lowest BCUT2D eigenvalue weighted by Crippen LogP contribution is -2.47. The van der Waals surface area contributed by atoms with Gasteiger partial charge in [-0.3, -0.25) is 10.1 Å². The molecule has 6 nitrogen and oxygen atoms in total. The third-order valence-corrected chi connectivity index (χ3v) is 6.93. The summed E-state index contributed by atoms with van der Waals surface area (Å²) in [7, 11) is 0. The Hall–Kier alpha value is -3.64. The first-order chi connectivity index (χ1) is 19.6. The molecule has 1 aliphatic heterocycles. The van der Waals surface area contributed by atoms with Crippen LogP contribution in [0.25, 0.3) is 0 Å². The van der Waals surface area contributed by atoms with Gasteiger partial charge in [-0.25, -0.2) is 22.0 Å². The van der Waals surface area contributed by atoms with Crippen molar-refractivity contribution in [1.29, 1.82) is 0 Å². The molecular formula is C28H26ClF5N4O2S.